The van der Waals surface area contributed by atoms with Crippen molar-refractivity contribution in [3.05, 3.63) is 35.9 Å². The van der Waals surface area contributed by atoms with Crippen LogP contribution in [0.1, 0.15) is 37.3 Å². The maximum atomic E-state index is 11.8. The number of benzene rings is 1. The van der Waals surface area contributed by atoms with E-state index in [1.807, 2.05) is 18.2 Å². The van der Waals surface area contributed by atoms with Gasteiger partial charge in [0.05, 0.1) is 6.04 Å². The Balaban J connectivity index is 1.65. The minimum Gasteiger partial charge on any atom is -0.462 e. The van der Waals surface area contributed by atoms with Crippen molar-refractivity contribution in [2.45, 2.75) is 37.8 Å². The second kappa shape index (κ2) is 5.11. The van der Waals surface area contributed by atoms with Crippen molar-refractivity contribution in [1.29, 1.82) is 0 Å². The lowest BCUT2D eigenvalue weighted by atomic mass is 9.80. The number of morpholine rings is 1. The highest BCUT2D eigenvalue weighted by Gasteiger charge is 2.33. The lowest BCUT2D eigenvalue weighted by Gasteiger charge is -2.34. The fourth-order valence-electron chi connectivity index (χ4n) is 2.73. The van der Waals surface area contributed by atoms with Crippen LogP contribution >= 0.6 is 0 Å². The minimum absolute atomic E-state index is 0.0749. The number of cyclic esters (lactones) is 1. The van der Waals surface area contributed by atoms with Gasteiger partial charge in [0.25, 0.3) is 0 Å². The van der Waals surface area contributed by atoms with Crippen LogP contribution < -0.4 is 5.32 Å². The third kappa shape index (κ3) is 2.41. The van der Waals surface area contributed by atoms with Crippen molar-refractivity contribution in [3.8, 4) is 0 Å². The maximum Gasteiger partial charge on any atom is 0.323 e. The molecule has 2 aliphatic rings. The van der Waals surface area contributed by atoms with Gasteiger partial charge in [0, 0.05) is 0 Å². The van der Waals surface area contributed by atoms with E-state index in [1.54, 1.807) is 0 Å². The van der Waals surface area contributed by atoms with Gasteiger partial charge >= 0.3 is 5.97 Å². The van der Waals surface area contributed by atoms with Gasteiger partial charge in [-0.1, -0.05) is 49.6 Å². The largest absolute Gasteiger partial charge is 0.462 e. The zero-order chi connectivity index (χ0) is 12.4. The van der Waals surface area contributed by atoms with Crippen LogP contribution in [0.2, 0.25) is 0 Å². The molecule has 2 fully saturated rings. The Bertz CT molecular complexity index is 414. The molecule has 1 aliphatic heterocycles. The van der Waals surface area contributed by atoms with Crippen LogP contribution in [-0.4, -0.2) is 18.6 Å². The molecular formula is C15H19NO2. The van der Waals surface area contributed by atoms with E-state index < -0.39 is 0 Å². The summed E-state index contributed by atoms with van der Waals surface area (Å²) in [5.41, 5.74) is 1.20. The van der Waals surface area contributed by atoms with E-state index in [0.29, 0.717) is 12.5 Å². The van der Waals surface area contributed by atoms with Crippen LogP contribution in [0.25, 0.3) is 0 Å². The molecule has 1 heterocycles. The fourth-order valence-corrected chi connectivity index (χ4v) is 2.73. The number of rotatable bonds is 3. The van der Waals surface area contributed by atoms with Gasteiger partial charge < -0.3 is 4.74 Å². The molecule has 0 spiro atoms. The summed E-state index contributed by atoms with van der Waals surface area (Å²) in [7, 11) is 0. The first kappa shape index (κ1) is 11.7. The van der Waals surface area contributed by atoms with Gasteiger partial charge in [0.2, 0.25) is 0 Å². The normalized spacial score (nSPS) is 28.6. The van der Waals surface area contributed by atoms with E-state index in [0.717, 1.165) is 6.42 Å². The molecule has 0 bridgehead atoms. The molecule has 1 N–H and O–H groups in total. The van der Waals surface area contributed by atoms with E-state index in [9.17, 15) is 4.79 Å². The first-order valence-corrected chi connectivity index (χ1v) is 6.80. The second-order valence-electron chi connectivity index (χ2n) is 5.35. The number of hydrogen-bond acceptors (Lipinski definition) is 3. The van der Waals surface area contributed by atoms with Crippen LogP contribution in [0.15, 0.2) is 30.3 Å². The molecule has 3 heteroatoms. The molecular weight excluding hydrogens is 226 g/mol. The summed E-state index contributed by atoms with van der Waals surface area (Å²) in [6.07, 6.45) is 4.78. The number of esters is 1. The molecule has 0 aromatic heterocycles. The molecule has 96 valence electrons. The smallest absolute Gasteiger partial charge is 0.323 e. The van der Waals surface area contributed by atoms with Crippen LogP contribution in [0, 0.1) is 5.92 Å². The van der Waals surface area contributed by atoms with E-state index in [1.165, 1.54) is 24.8 Å². The first-order valence-electron chi connectivity index (χ1n) is 6.80. The van der Waals surface area contributed by atoms with Gasteiger partial charge in [-0.3, -0.25) is 10.1 Å². The van der Waals surface area contributed by atoms with Crippen molar-refractivity contribution in [1.82, 2.24) is 5.32 Å². The van der Waals surface area contributed by atoms with Crippen molar-refractivity contribution in [2.75, 3.05) is 6.61 Å². The van der Waals surface area contributed by atoms with Crippen molar-refractivity contribution < 1.29 is 9.53 Å². The monoisotopic (exact) mass is 245 g/mol. The van der Waals surface area contributed by atoms with Crippen molar-refractivity contribution in [3.63, 3.8) is 0 Å². The lowest BCUT2D eigenvalue weighted by molar-refractivity contribution is -0.152. The van der Waals surface area contributed by atoms with Gasteiger partial charge in [-0.2, -0.15) is 0 Å². The lowest BCUT2D eigenvalue weighted by Crippen LogP contribution is -2.48. The summed E-state index contributed by atoms with van der Waals surface area (Å²) < 4.78 is 5.33. The van der Waals surface area contributed by atoms with Gasteiger partial charge in [0.15, 0.2) is 0 Å². The predicted molar refractivity (Wildman–Crippen MR) is 69.0 cm³/mol. The molecule has 1 unspecified atom stereocenters. The Morgan fingerprint density at radius 3 is 2.67 bits per heavy atom. The zero-order valence-corrected chi connectivity index (χ0v) is 10.5. The van der Waals surface area contributed by atoms with E-state index in [2.05, 4.69) is 17.4 Å². The fraction of sp³-hybridized carbons (Fsp3) is 0.533. The molecule has 1 aromatic carbocycles. The van der Waals surface area contributed by atoms with E-state index in [-0.39, 0.29) is 18.1 Å². The Labute approximate surface area is 108 Å². The Kier molecular flexibility index (Phi) is 3.33. The van der Waals surface area contributed by atoms with Crippen LogP contribution in [0.4, 0.5) is 0 Å². The van der Waals surface area contributed by atoms with Gasteiger partial charge in [0.1, 0.15) is 12.6 Å². The molecule has 1 aromatic rings. The average molecular weight is 245 g/mol. The Morgan fingerprint density at radius 2 is 2.00 bits per heavy atom. The quantitative estimate of drug-likeness (QED) is 0.831. The summed E-state index contributed by atoms with van der Waals surface area (Å²) in [6, 6.07) is 10.2. The molecule has 18 heavy (non-hydrogen) atoms. The Hall–Kier alpha value is -1.35. The summed E-state index contributed by atoms with van der Waals surface area (Å²) in [4.78, 5) is 11.8. The molecule has 3 nitrogen and oxygen atoms in total. The van der Waals surface area contributed by atoms with Gasteiger partial charge in [-0.25, -0.2) is 0 Å². The third-order valence-electron chi connectivity index (χ3n) is 4.07. The van der Waals surface area contributed by atoms with Gasteiger partial charge in [-0.15, -0.1) is 0 Å². The molecule has 0 amide bonds. The van der Waals surface area contributed by atoms with Crippen molar-refractivity contribution >= 4 is 5.97 Å². The van der Waals surface area contributed by atoms with Gasteiger partial charge in [-0.05, 0) is 17.9 Å². The molecule has 1 aliphatic carbocycles. The number of nitrogens with one attached hydrogen (secondary N) is 1. The highest BCUT2D eigenvalue weighted by molar-refractivity contribution is 5.76. The highest BCUT2D eigenvalue weighted by Crippen LogP contribution is 2.32. The van der Waals surface area contributed by atoms with Crippen molar-refractivity contribution in [2.24, 2.45) is 5.92 Å². The van der Waals surface area contributed by atoms with E-state index >= 15 is 0 Å². The summed E-state index contributed by atoms with van der Waals surface area (Å²) in [5, 5.41) is 3.44. The number of carbonyl (C=O) groups is 1. The average Bonchev–Trinajstić information content (AvgIpc) is 2.37. The van der Waals surface area contributed by atoms with Crippen LogP contribution in [0.5, 0.6) is 0 Å². The zero-order valence-electron chi connectivity index (χ0n) is 10.5. The Morgan fingerprint density at radius 1 is 1.22 bits per heavy atom. The summed E-state index contributed by atoms with van der Waals surface area (Å²) >= 11 is 0. The minimum atomic E-state index is -0.116. The maximum absolute atomic E-state index is 11.8. The number of ether oxygens (including phenoxy) is 1. The third-order valence-corrected chi connectivity index (χ3v) is 4.07. The van der Waals surface area contributed by atoms with E-state index in [4.69, 9.17) is 4.74 Å². The molecule has 2 atom stereocenters. The predicted octanol–water partition coefficient (Wildman–Crippen LogP) is 2.43. The number of carbonyl (C=O) groups excluding carboxylic acids is 1. The van der Waals surface area contributed by atoms with Crippen LogP contribution in [0.3, 0.4) is 0 Å². The molecule has 1 saturated carbocycles. The molecule has 1 saturated heterocycles. The highest BCUT2D eigenvalue weighted by atomic mass is 16.5. The standard InChI is InChI=1S/C15H19NO2/c17-15-13(9-11-5-4-6-11)16-14(10-18-15)12-7-2-1-3-8-12/h1-3,7-8,11,13-14,16H,4-6,9-10H2/t13?,14-/m1/s1. The molecule has 0 radical (unpaired) electrons. The molecule has 3 rings (SSSR count). The van der Waals surface area contributed by atoms with Crippen LogP contribution in [-0.2, 0) is 9.53 Å². The first-order chi connectivity index (χ1) is 8.83. The summed E-state index contributed by atoms with van der Waals surface area (Å²) in [5.74, 6) is 0.638. The topological polar surface area (TPSA) is 38.3 Å². The summed E-state index contributed by atoms with van der Waals surface area (Å²) in [6.45, 7) is 0.448. The SMILES string of the molecule is O=C1OC[C@H](c2ccccc2)NC1CC1CCC1. The number of hydrogen-bond donors (Lipinski definition) is 1. The second-order valence-corrected chi connectivity index (χ2v) is 5.35.